The van der Waals surface area contributed by atoms with Gasteiger partial charge in [0.2, 0.25) is 0 Å². The Morgan fingerprint density at radius 3 is 2.44 bits per heavy atom. The van der Waals surface area contributed by atoms with Gasteiger partial charge in [0.1, 0.15) is 6.29 Å². The van der Waals surface area contributed by atoms with Crippen molar-refractivity contribution in [3.63, 3.8) is 0 Å². The molecular weight excluding hydrogens is 208 g/mol. The topological polar surface area (TPSA) is 60.4 Å². The highest BCUT2D eigenvalue weighted by Gasteiger charge is 2.01. The minimum Gasteiger partial charge on any atom is -0.466 e. The minimum absolute atomic E-state index is 0.0526. The summed E-state index contributed by atoms with van der Waals surface area (Å²) < 4.78 is 4.77. The standard InChI is InChI=1S/C12H18O4/c1-2-16-12(15)9-5-3-4-7-11(14)8-6-10-13/h6,8,10H,2-5,7,9H2,1H3/b8-6+. The van der Waals surface area contributed by atoms with Crippen LogP contribution in [0.25, 0.3) is 0 Å². The number of hydrogen-bond donors (Lipinski definition) is 0. The van der Waals surface area contributed by atoms with Crippen molar-refractivity contribution in [1.29, 1.82) is 0 Å². The van der Waals surface area contributed by atoms with Gasteiger partial charge in [0.05, 0.1) is 6.61 Å². The first kappa shape index (κ1) is 14.6. The average molecular weight is 226 g/mol. The number of carbonyl (C=O) groups excluding carboxylic acids is 3. The van der Waals surface area contributed by atoms with E-state index in [4.69, 9.17) is 4.74 Å². The summed E-state index contributed by atoms with van der Waals surface area (Å²) in [6, 6.07) is 0. The van der Waals surface area contributed by atoms with Crippen LogP contribution >= 0.6 is 0 Å². The van der Waals surface area contributed by atoms with Crippen LogP contribution < -0.4 is 0 Å². The molecule has 0 saturated carbocycles. The molecule has 0 heterocycles. The summed E-state index contributed by atoms with van der Waals surface area (Å²) >= 11 is 0. The Labute approximate surface area is 95.7 Å². The molecule has 0 saturated heterocycles. The zero-order valence-electron chi connectivity index (χ0n) is 9.61. The normalized spacial score (nSPS) is 10.3. The summed E-state index contributed by atoms with van der Waals surface area (Å²) in [4.78, 5) is 31.9. The van der Waals surface area contributed by atoms with Gasteiger partial charge in [-0.3, -0.25) is 14.4 Å². The first-order chi connectivity index (χ1) is 7.70. The van der Waals surface area contributed by atoms with Gasteiger partial charge in [-0.1, -0.05) is 6.42 Å². The number of hydrogen-bond acceptors (Lipinski definition) is 4. The number of esters is 1. The molecule has 0 unspecified atom stereocenters. The van der Waals surface area contributed by atoms with Crippen molar-refractivity contribution in [1.82, 2.24) is 0 Å². The molecule has 0 aromatic heterocycles. The molecule has 0 fully saturated rings. The van der Waals surface area contributed by atoms with E-state index < -0.39 is 0 Å². The van der Waals surface area contributed by atoms with Crippen LogP contribution in [0.2, 0.25) is 0 Å². The first-order valence-corrected chi connectivity index (χ1v) is 5.51. The Morgan fingerprint density at radius 2 is 1.81 bits per heavy atom. The molecule has 0 aromatic carbocycles. The van der Waals surface area contributed by atoms with Gasteiger partial charge in [-0.2, -0.15) is 0 Å². The number of ether oxygens (including phenoxy) is 1. The summed E-state index contributed by atoms with van der Waals surface area (Å²) in [5.41, 5.74) is 0. The number of ketones is 1. The second kappa shape index (κ2) is 10.1. The molecule has 0 atom stereocenters. The second-order valence-electron chi connectivity index (χ2n) is 3.33. The highest BCUT2D eigenvalue weighted by atomic mass is 16.5. The molecule has 0 aromatic rings. The molecule has 0 amide bonds. The van der Waals surface area contributed by atoms with E-state index in [0.29, 0.717) is 25.7 Å². The zero-order chi connectivity index (χ0) is 12.2. The molecular formula is C12H18O4. The molecule has 0 N–H and O–H groups in total. The van der Waals surface area contributed by atoms with Crippen LogP contribution in [0.15, 0.2) is 12.2 Å². The van der Waals surface area contributed by atoms with Gasteiger partial charge >= 0.3 is 5.97 Å². The fourth-order valence-corrected chi connectivity index (χ4v) is 1.21. The molecule has 0 spiro atoms. The lowest BCUT2D eigenvalue weighted by molar-refractivity contribution is -0.143. The molecule has 0 rings (SSSR count). The van der Waals surface area contributed by atoms with Gasteiger partial charge < -0.3 is 4.74 Å². The maximum atomic E-state index is 11.1. The summed E-state index contributed by atoms with van der Waals surface area (Å²) in [5, 5.41) is 0. The molecule has 0 radical (unpaired) electrons. The van der Waals surface area contributed by atoms with Gasteiger partial charge in [0.25, 0.3) is 0 Å². The summed E-state index contributed by atoms with van der Waals surface area (Å²) in [5.74, 6) is -0.238. The van der Waals surface area contributed by atoms with Crippen LogP contribution in [0.3, 0.4) is 0 Å². The van der Waals surface area contributed by atoms with E-state index in [0.717, 1.165) is 19.3 Å². The van der Waals surface area contributed by atoms with Crippen LogP contribution in [0.5, 0.6) is 0 Å². The van der Waals surface area contributed by atoms with Crippen molar-refractivity contribution in [3.8, 4) is 0 Å². The van der Waals surface area contributed by atoms with E-state index in [2.05, 4.69) is 0 Å². The van der Waals surface area contributed by atoms with E-state index in [1.807, 2.05) is 0 Å². The summed E-state index contributed by atoms with van der Waals surface area (Å²) in [6.07, 6.45) is 6.18. The van der Waals surface area contributed by atoms with Gasteiger partial charge in [0, 0.05) is 12.8 Å². The van der Waals surface area contributed by atoms with Crippen LogP contribution in [0.1, 0.15) is 39.0 Å². The zero-order valence-corrected chi connectivity index (χ0v) is 9.61. The molecule has 4 nitrogen and oxygen atoms in total. The number of aldehydes is 1. The third-order valence-corrected chi connectivity index (χ3v) is 1.97. The van der Waals surface area contributed by atoms with E-state index >= 15 is 0 Å². The highest BCUT2D eigenvalue weighted by molar-refractivity contribution is 5.92. The van der Waals surface area contributed by atoms with Crippen molar-refractivity contribution >= 4 is 18.0 Å². The van der Waals surface area contributed by atoms with Crippen LogP contribution in [-0.2, 0) is 19.1 Å². The minimum atomic E-state index is -0.185. The monoisotopic (exact) mass is 226 g/mol. The molecule has 90 valence electrons. The van der Waals surface area contributed by atoms with Crippen LogP contribution in [0.4, 0.5) is 0 Å². The average Bonchev–Trinajstić information content (AvgIpc) is 2.26. The lowest BCUT2D eigenvalue weighted by Crippen LogP contribution is -2.03. The lowest BCUT2D eigenvalue weighted by Gasteiger charge is -2.00. The maximum absolute atomic E-state index is 11.1. The molecule has 0 aliphatic carbocycles. The quantitative estimate of drug-likeness (QED) is 0.260. The lowest BCUT2D eigenvalue weighted by atomic mass is 10.1. The Bertz CT molecular complexity index is 256. The van der Waals surface area contributed by atoms with E-state index in [1.165, 1.54) is 12.2 Å². The summed E-state index contributed by atoms with van der Waals surface area (Å²) in [7, 11) is 0. The predicted octanol–water partition coefficient (Wildman–Crippen LogP) is 1.82. The van der Waals surface area contributed by atoms with Gasteiger partial charge in [-0.05, 0) is 31.9 Å². The fraction of sp³-hybridized carbons (Fsp3) is 0.583. The SMILES string of the molecule is CCOC(=O)CCCCCC(=O)/C=C/C=O. The number of rotatable bonds is 9. The first-order valence-electron chi connectivity index (χ1n) is 5.51. The van der Waals surface area contributed by atoms with Crippen molar-refractivity contribution in [2.24, 2.45) is 0 Å². The molecule has 0 bridgehead atoms. The van der Waals surface area contributed by atoms with Crippen molar-refractivity contribution in [2.75, 3.05) is 6.61 Å². The Morgan fingerprint density at radius 1 is 1.12 bits per heavy atom. The van der Waals surface area contributed by atoms with Gasteiger partial charge in [-0.25, -0.2) is 0 Å². The number of unbranched alkanes of at least 4 members (excludes halogenated alkanes) is 2. The van der Waals surface area contributed by atoms with E-state index in [1.54, 1.807) is 6.92 Å². The maximum Gasteiger partial charge on any atom is 0.305 e. The third kappa shape index (κ3) is 9.12. The van der Waals surface area contributed by atoms with Gasteiger partial charge in [-0.15, -0.1) is 0 Å². The van der Waals surface area contributed by atoms with E-state index in [9.17, 15) is 14.4 Å². The molecule has 0 aliphatic rings. The van der Waals surface area contributed by atoms with Crippen LogP contribution in [0, 0.1) is 0 Å². The second-order valence-corrected chi connectivity index (χ2v) is 3.33. The largest absolute Gasteiger partial charge is 0.466 e. The smallest absolute Gasteiger partial charge is 0.305 e. The predicted molar refractivity (Wildman–Crippen MR) is 59.9 cm³/mol. The Kier molecular flexibility index (Phi) is 9.17. The molecule has 4 heteroatoms. The van der Waals surface area contributed by atoms with Crippen molar-refractivity contribution in [3.05, 3.63) is 12.2 Å². The van der Waals surface area contributed by atoms with E-state index in [-0.39, 0.29) is 11.8 Å². The molecule has 16 heavy (non-hydrogen) atoms. The Balaban J connectivity index is 3.39. The van der Waals surface area contributed by atoms with Crippen molar-refractivity contribution < 1.29 is 19.1 Å². The summed E-state index contributed by atoms with van der Waals surface area (Å²) in [6.45, 7) is 2.18. The molecule has 0 aliphatic heterocycles. The fourth-order valence-electron chi connectivity index (χ4n) is 1.21. The van der Waals surface area contributed by atoms with Crippen molar-refractivity contribution in [2.45, 2.75) is 39.0 Å². The number of allylic oxidation sites excluding steroid dienone is 2. The van der Waals surface area contributed by atoms with Crippen LogP contribution in [-0.4, -0.2) is 24.6 Å². The Hall–Kier alpha value is -1.45. The third-order valence-electron chi connectivity index (χ3n) is 1.97. The van der Waals surface area contributed by atoms with Gasteiger partial charge in [0.15, 0.2) is 5.78 Å². The number of carbonyl (C=O) groups is 3. The highest BCUT2D eigenvalue weighted by Crippen LogP contribution is 2.05.